The van der Waals surface area contributed by atoms with Gasteiger partial charge < -0.3 is 5.32 Å². The lowest BCUT2D eigenvalue weighted by atomic mass is 10.3. The Morgan fingerprint density at radius 2 is 2.25 bits per heavy atom. The zero-order valence-corrected chi connectivity index (χ0v) is 8.06. The average molecular weight is 184 g/mol. The van der Waals surface area contributed by atoms with E-state index in [9.17, 15) is 0 Å². The van der Waals surface area contributed by atoms with Crippen molar-refractivity contribution in [2.24, 2.45) is 0 Å². The van der Waals surface area contributed by atoms with Crippen LogP contribution in [0.4, 0.5) is 5.69 Å². The summed E-state index contributed by atoms with van der Waals surface area (Å²) in [5, 5.41) is 4.09. The van der Waals surface area contributed by atoms with Crippen molar-refractivity contribution in [2.45, 2.75) is 19.8 Å². The SMILES string of the molecule is CCCCNc1cccc(Cl)c1. The maximum absolute atomic E-state index is 5.82. The Labute approximate surface area is 78.7 Å². The topological polar surface area (TPSA) is 12.0 Å². The van der Waals surface area contributed by atoms with Crippen molar-refractivity contribution in [2.75, 3.05) is 11.9 Å². The van der Waals surface area contributed by atoms with Crippen LogP contribution in [0.5, 0.6) is 0 Å². The van der Waals surface area contributed by atoms with Crippen LogP contribution in [0, 0.1) is 0 Å². The summed E-state index contributed by atoms with van der Waals surface area (Å²) in [7, 11) is 0. The second kappa shape index (κ2) is 5.04. The molecule has 1 aromatic rings. The smallest absolute Gasteiger partial charge is 0.0426 e. The Hall–Kier alpha value is -0.690. The summed E-state index contributed by atoms with van der Waals surface area (Å²) >= 11 is 5.82. The summed E-state index contributed by atoms with van der Waals surface area (Å²) in [6.45, 7) is 3.20. The molecule has 1 aromatic carbocycles. The Kier molecular flexibility index (Phi) is 3.95. The molecule has 0 saturated carbocycles. The highest BCUT2D eigenvalue weighted by Crippen LogP contribution is 2.14. The van der Waals surface area contributed by atoms with Crippen LogP contribution in [0.25, 0.3) is 0 Å². The van der Waals surface area contributed by atoms with Gasteiger partial charge in [0.25, 0.3) is 0 Å². The van der Waals surface area contributed by atoms with E-state index in [1.807, 2.05) is 24.3 Å². The summed E-state index contributed by atoms with van der Waals surface area (Å²) < 4.78 is 0. The van der Waals surface area contributed by atoms with Crippen LogP contribution in [-0.4, -0.2) is 6.54 Å². The predicted octanol–water partition coefficient (Wildman–Crippen LogP) is 3.55. The third-order valence-electron chi connectivity index (χ3n) is 1.68. The minimum atomic E-state index is 0.788. The molecule has 1 N–H and O–H groups in total. The molecule has 0 spiro atoms. The van der Waals surface area contributed by atoms with Gasteiger partial charge in [-0.05, 0) is 24.6 Å². The third-order valence-corrected chi connectivity index (χ3v) is 1.92. The van der Waals surface area contributed by atoms with Gasteiger partial charge in [0, 0.05) is 17.3 Å². The van der Waals surface area contributed by atoms with Gasteiger partial charge in [-0.15, -0.1) is 0 Å². The fourth-order valence-electron chi connectivity index (χ4n) is 1.01. The Morgan fingerprint density at radius 1 is 1.42 bits per heavy atom. The third kappa shape index (κ3) is 3.14. The van der Waals surface area contributed by atoms with Gasteiger partial charge in [-0.3, -0.25) is 0 Å². The first-order valence-electron chi connectivity index (χ1n) is 4.32. The van der Waals surface area contributed by atoms with Gasteiger partial charge in [0.2, 0.25) is 0 Å². The molecule has 1 nitrogen and oxygen atoms in total. The highest BCUT2D eigenvalue weighted by molar-refractivity contribution is 6.30. The first kappa shape index (κ1) is 9.40. The van der Waals surface area contributed by atoms with Crippen LogP contribution in [0.2, 0.25) is 5.02 Å². The van der Waals surface area contributed by atoms with Gasteiger partial charge >= 0.3 is 0 Å². The van der Waals surface area contributed by atoms with Crippen LogP contribution in [-0.2, 0) is 0 Å². The molecule has 0 amide bonds. The molecule has 2 heteroatoms. The number of halogens is 1. The lowest BCUT2D eigenvalue weighted by Crippen LogP contribution is -1.99. The van der Waals surface area contributed by atoms with E-state index in [0.29, 0.717) is 0 Å². The molecule has 0 aliphatic rings. The van der Waals surface area contributed by atoms with Crippen molar-refractivity contribution in [1.82, 2.24) is 0 Å². The lowest BCUT2D eigenvalue weighted by Gasteiger charge is -2.04. The zero-order chi connectivity index (χ0) is 8.81. The fraction of sp³-hybridized carbons (Fsp3) is 0.400. The fourth-order valence-corrected chi connectivity index (χ4v) is 1.20. The molecule has 0 bridgehead atoms. The molecular formula is C10H14ClN. The zero-order valence-electron chi connectivity index (χ0n) is 7.31. The summed E-state index contributed by atoms with van der Waals surface area (Å²) in [6.07, 6.45) is 2.42. The highest BCUT2D eigenvalue weighted by atomic mass is 35.5. The molecular weight excluding hydrogens is 170 g/mol. The van der Waals surface area contributed by atoms with Crippen molar-refractivity contribution in [3.05, 3.63) is 29.3 Å². The number of hydrogen-bond donors (Lipinski definition) is 1. The van der Waals surface area contributed by atoms with Crippen LogP contribution < -0.4 is 5.32 Å². The maximum Gasteiger partial charge on any atom is 0.0426 e. The van der Waals surface area contributed by atoms with E-state index in [0.717, 1.165) is 17.3 Å². The normalized spacial score (nSPS) is 9.83. The van der Waals surface area contributed by atoms with Crippen molar-refractivity contribution in [3.63, 3.8) is 0 Å². The Morgan fingerprint density at radius 3 is 2.92 bits per heavy atom. The maximum atomic E-state index is 5.82. The largest absolute Gasteiger partial charge is 0.385 e. The van der Waals surface area contributed by atoms with E-state index < -0.39 is 0 Å². The predicted molar refractivity (Wildman–Crippen MR) is 54.8 cm³/mol. The number of benzene rings is 1. The van der Waals surface area contributed by atoms with E-state index in [-0.39, 0.29) is 0 Å². The monoisotopic (exact) mass is 183 g/mol. The van der Waals surface area contributed by atoms with Gasteiger partial charge in [0.1, 0.15) is 0 Å². The van der Waals surface area contributed by atoms with Crippen molar-refractivity contribution >= 4 is 17.3 Å². The number of anilines is 1. The van der Waals surface area contributed by atoms with Gasteiger partial charge in [-0.1, -0.05) is 31.0 Å². The Bertz CT molecular complexity index is 235. The van der Waals surface area contributed by atoms with E-state index in [4.69, 9.17) is 11.6 Å². The van der Waals surface area contributed by atoms with E-state index in [2.05, 4.69) is 12.2 Å². The van der Waals surface area contributed by atoms with Gasteiger partial charge in [-0.2, -0.15) is 0 Å². The number of nitrogens with one attached hydrogen (secondary N) is 1. The van der Waals surface area contributed by atoms with E-state index in [1.54, 1.807) is 0 Å². The minimum Gasteiger partial charge on any atom is -0.385 e. The van der Waals surface area contributed by atoms with Crippen molar-refractivity contribution in [3.8, 4) is 0 Å². The first-order valence-corrected chi connectivity index (χ1v) is 4.70. The van der Waals surface area contributed by atoms with Crippen molar-refractivity contribution in [1.29, 1.82) is 0 Å². The summed E-state index contributed by atoms with van der Waals surface area (Å²) in [6, 6.07) is 7.81. The molecule has 1 rings (SSSR count). The van der Waals surface area contributed by atoms with Gasteiger partial charge in [0.05, 0.1) is 0 Å². The highest BCUT2D eigenvalue weighted by Gasteiger charge is 1.91. The van der Waals surface area contributed by atoms with Gasteiger partial charge in [0.15, 0.2) is 0 Å². The quantitative estimate of drug-likeness (QED) is 0.704. The lowest BCUT2D eigenvalue weighted by molar-refractivity contribution is 0.834. The first-order chi connectivity index (χ1) is 5.83. The van der Waals surface area contributed by atoms with Gasteiger partial charge in [-0.25, -0.2) is 0 Å². The molecule has 0 fully saturated rings. The number of hydrogen-bond acceptors (Lipinski definition) is 1. The molecule has 0 radical (unpaired) electrons. The minimum absolute atomic E-state index is 0.788. The molecule has 66 valence electrons. The van der Waals surface area contributed by atoms with Crippen LogP contribution in [0.1, 0.15) is 19.8 Å². The van der Waals surface area contributed by atoms with Crippen molar-refractivity contribution < 1.29 is 0 Å². The standard InChI is InChI=1S/C10H14ClN/c1-2-3-7-12-10-6-4-5-9(11)8-10/h4-6,8,12H,2-3,7H2,1H3. The number of rotatable bonds is 4. The summed E-state index contributed by atoms with van der Waals surface area (Å²) in [4.78, 5) is 0. The molecule has 0 saturated heterocycles. The van der Waals surface area contributed by atoms with E-state index in [1.165, 1.54) is 12.8 Å². The molecule has 12 heavy (non-hydrogen) atoms. The van der Waals surface area contributed by atoms with Crippen LogP contribution >= 0.6 is 11.6 Å². The Balaban J connectivity index is 2.41. The molecule has 0 unspecified atom stereocenters. The molecule has 0 heterocycles. The molecule has 0 aliphatic carbocycles. The average Bonchev–Trinajstić information content (AvgIpc) is 2.05. The van der Waals surface area contributed by atoms with E-state index >= 15 is 0 Å². The van der Waals surface area contributed by atoms with Crippen LogP contribution in [0.3, 0.4) is 0 Å². The summed E-state index contributed by atoms with van der Waals surface area (Å²) in [5.41, 5.74) is 1.11. The number of unbranched alkanes of at least 4 members (excludes halogenated alkanes) is 1. The second-order valence-corrected chi connectivity index (χ2v) is 3.23. The second-order valence-electron chi connectivity index (χ2n) is 2.79. The molecule has 0 atom stereocenters. The summed E-state index contributed by atoms with van der Waals surface area (Å²) in [5.74, 6) is 0. The van der Waals surface area contributed by atoms with Crippen LogP contribution in [0.15, 0.2) is 24.3 Å². The molecule has 0 aromatic heterocycles. The molecule has 0 aliphatic heterocycles.